The van der Waals surface area contributed by atoms with Crippen molar-refractivity contribution in [3.05, 3.63) is 46.9 Å². The molecule has 1 N–H and O–H groups in total. The lowest BCUT2D eigenvalue weighted by Gasteiger charge is -2.32. The number of hydrogen-bond acceptors (Lipinski definition) is 5. The van der Waals surface area contributed by atoms with Crippen molar-refractivity contribution >= 4 is 10.9 Å². The molecule has 0 bridgehead atoms. The lowest BCUT2D eigenvalue weighted by Crippen LogP contribution is -2.35. The Labute approximate surface area is 152 Å². The van der Waals surface area contributed by atoms with E-state index in [4.69, 9.17) is 0 Å². The SMILES string of the molecule is CC(C)CN1CCC(c2cnn(-c3nccc4c(=O)[nH]cnc34)c2)CC1. The Bertz CT molecular complexity index is 952. The number of nitrogens with one attached hydrogen (secondary N) is 1. The molecular formula is C19H24N6O. The zero-order valence-corrected chi connectivity index (χ0v) is 15.2. The molecule has 0 atom stereocenters. The van der Waals surface area contributed by atoms with Gasteiger partial charge in [0.15, 0.2) is 5.82 Å². The first-order valence-corrected chi connectivity index (χ1v) is 9.21. The van der Waals surface area contributed by atoms with E-state index in [1.165, 1.54) is 18.4 Å². The molecule has 0 radical (unpaired) electrons. The summed E-state index contributed by atoms with van der Waals surface area (Å²) in [4.78, 5) is 25.8. The van der Waals surface area contributed by atoms with Crippen LogP contribution in [0.1, 0.15) is 38.2 Å². The molecule has 7 nitrogen and oxygen atoms in total. The van der Waals surface area contributed by atoms with E-state index in [2.05, 4.69) is 38.8 Å². The van der Waals surface area contributed by atoms with Crippen molar-refractivity contribution in [3.63, 3.8) is 0 Å². The molecule has 7 heteroatoms. The van der Waals surface area contributed by atoms with E-state index in [1.807, 2.05) is 12.4 Å². The van der Waals surface area contributed by atoms with Crippen LogP contribution in [0.25, 0.3) is 16.7 Å². The van der Waals surface area contributed by atoms with Gasteiger partial charge in [-0.15, -0.1) is 0 Å². The summed E-state index contributed by atoms with van der Waals surface area (Å²) in [7, 11) is 0. The number of rotatable bonds is 4. The average molecular weight is 352 g/mol. The summed E-state index contributed by atoms with van der Waals surface area (Å²) in [6, 6.07) is 1.68. The Morgan fingerprint density at radius 2 is 2.08 bits per heavy atom. The first-order chi connectivity index (χ1) is 12.6. The van der Waals surface area contributed by atoms with E-state index in [0.717, 1.165) is 25.9 Å². The zero-order chi connectivity index (χ0) is 18.1. The molecule has 0 unspecified atom stereocenters. The maximum Gasteiger partial charge on any atom is 0.258 e. The van der Waals surface area contributed by atoms with E-state index in [-0.39, 0.29) is 5.56 Å². The molecule has 3 aromatic heterocycles. The van der Waals surface area contributed by atoms with Gasteiger partial charge in [0.25, 0.3) is 5.56 Å². The second kappa shape index (κ2) is 6.99. The highest BCUT2D eigenvalue weighted by molar-refractivity contribution is 5.83. The molecule has 4 heterocycles. The molecule has 1 aliphatic rings. The second-order valence-corrected chi connectivity index (χ2v) is 7.45. The van der Waals surface area contributed by atoms with Crippen molar-refractivity contribution < 1.29 is 0 Å². The van der Waals surface area contributed by atoms with Crippen LogP contribution in [0.5, 0.6) is 0 Å². The third kappa shape index (κ3) is 3.26. The van der Waals surface area contributed by atoms with Crippen LogP contribution in [-0.2, 0) is 0 Å². The Hall–Kier alpha value is -2.54. The van der Waals surface area contributed by atoms with Gasteiger partial charge < -0.3 is 9.88 Å². The van der Waals surface area contributed by atoms with Crippen LogP contribution in [0, 0.1) is 5.92 Å². The molecule has 4 rings (SSSR count). The molecular weight excluding hydrogens is 328 g/mol. The minimum Gasteiger partial charge on any atom is -0.313 e. The molecule has 26 heavy (non-hydrogen) atoms. The van der Waals surface area contributed by atoms with Crippen molar-refractivity contribution in [2.75, 3.05) is 19.6 Å². The minimum absolute atomic E-state index is 0.163. The van der Waals surface area contributed by atoms with Crippen molar-refractivity contribution in [1.82, 2.24) is 29.6 Å². The van der Waals surface area contributed by atoms with Gasteiger partial charge in [0, 0.05) is 18.9 Å². The first-order valence-electron chi connectivity index (χ1n) is 9.21. The fourth-order valence-electron chi connectivity index (χ4n) is 3.78. The normalized spacial score (nSPS) is 16.6. The smallest absolute Gasteiger partial charge is 0.258 e. The average Bonchev–Trinajstić information content (AvgIpc) is 3.12. The number of hydrogen-bond donors (Lipinski definition) is 1. The Balaban J connectivity index is 1.56. The molecule has 1 aliphatic heterocycles. The molecule has 0 saturated carbocycles. The second-order valence-electron chi connectivity index (χ2n) is 7.45. The molecule has 136 valence electrons. The minimum atomic E-state index is -0.163. The molecule has 0 aromatic carbocycles. The molecule has 3 aromatic rings. The van der Waals surface area contributed by atoms with Crippen LogP contribution in [-0.4, -0.2) is 49.3 Å². The van der Waals surface area contributed by atoms with Gasteiger partial charge in [-0.2, -0.15) is 5.10 Å². The number of likely N-dealkylation sites (tertiary alicyclic amines) is 1. The quantitative estimate of drug-likeness (QED) is 0.780. The van der Waals surface area contributed by atoms with Crippen LogP contribution in [0.4, 0.5) is 0 Å². The maximum atomic E-state index is 12.0. The zero-order valence-electron chi connectivity index (χ0n) is 15.2. The molecule has 1 saturated heterocycles. The predicted molar refractivity (Wildman–Crippen MR) is 101 cm³/mol. The van der Waals surface area contributed by atoms with Gasteiger partial charge in [-0.05, 0) is 49.4 Å². The number of fused-ring (bicyclic) bond motifs is 1. The van der Waals surface area contributed by atoms with Gasteiger partial charge in [-0.25, -0.2) is 14.6 Å². The Kier molecular flexibility index (Phi) is 4.55. The fourth-order valence-corrected chi connectivity index (χ4v) is 3.78. The fraction of sp³-hybridized carbons (Fsp3) is 0.474. The highest BCUT2D eigenvalue weighted by atomic mass is 16.1. The number of aromatic amines is 1. The summed E-state index contributed by atoms with van der Waals surface area (Å²) in [6.45, 7) is 7.99. The van der Waals surface area contributed by atoms with E-state index >= 15 is 0 Å². The molecule has 0 spiro atoms. The monoisotopic (exact) mass is 352 g/mol. The van der Waals surface area contributed by atoms with Crippen molar-refractivity contribution in [2.45, 2.75) is 32.6 Å². The summed E-state index contributed by atoms with van der Waals surface area (Å²) < 4.78 is 1.74. The van der Waals surface area contributed by atoms with Gasteiger partial charge in [0.05, 0.1) is 17.9 Å². The third-order valence-electron chi connectivity index (χ3n) is 5.04. The molecule has 0 aliphatic carbocycles. The first kappa shape index (κ1) is 16.9. The van der Waals surface area contributed by atoms with Crippen LogP contribution in [0.3, 0.4) is 0 Å². The number of pyridine rings is 1. The van der Waals surface area contributed by atoms with Crippen LogP contribution >= 0.6 is 0 Å². The molecule has 0 amide bonds. The highest BCUT2D eigenvalue weighted by Gasteiger charge is 2.22. The van der Waals surface area contributed by atoms with Gasteiger partial charge in [0.1, 0.15) is 5.52 Å². The predicted octanol–water partition coefficient (Wildman–Crippen LogP) is 2.34. The van der Waals surface area contributed by atoms with E-state index in [0.29, 0.717) is 28.6 Å². The third-order valence-corrected chi connectivity index (χ3v) is 5.04. The van der Waals surface area contributed by atoms with E-state index in [9.17, 15) is 4.79 Å². The maximum absolute atomic E-state index is 12.0. The van der Waals surface area contributed by atoms with Crippen molar-refractivity contribution in [1.29, 1.82) is 0 Å². The summed E-state index contributed by atoms with van der Waals surface area (Å²) in [5.74, 6) is 1.83. The number of piperidine rings is 1. The van der Waals surface area contributed by atoms with Crippen LogP contribution < -0.4 is 5.56 Å². The summed E-state index contributed by atoms with van der Waals surface area (Å²) in [6.07, 6.45) is 9.30. The lowest BCUT2D eigenvalue weighted by molar-refractivity contribution is 0.192. The summed E-state index contributed by atoms with van der Waals surface area (Å²) >= 11 is 0. The summed E-state index contributed by atoms with van der Waals surface area (Å²) in [5.41, 5.74) is 1.64. The van der Waals surface area contributed by atoms with Gasteiger partial charge in [0.2, 0.25) is 0 Å². The summed E-state index contributed by atoms with van der Waals surface area (Å²) in [5, 5.41) is 5.02. The topological polar surface area (TPSA) is 79.7 Å². The van der Waals surface area contributed by atoms with Gasteiger partial charge in [-0.3, -0.25) is 4.79 Å². The highest BCUT2D eigenvalue weighted by Crippen LogP contribution is 2.28. The number of aromatic nitrogens is 5. The van der Waals surface area contributed by atoms with E-state index in [1.54, 1.807) is 16.9 Å². The standard InChI is InChI=1S/C19H24N6O/c1-13(2)10-24-7-4-14(5-8-24)15-9-23-25(11-15)18-17-16(3-6-20-18)19(26)22-12-21-17/h3,6,9,11-14H,4-5,7-8,10H2,1-2H3,(H,21,22,26). The number of nitrogens with zero attached hydrogens (tertiary/aromatic N) is 5. The van der Waals surface area contributed by atoms with Crippen LogP contribution in [0.2, 0.25) is 0 Å². The van der Waals surface area contributed by atoms with E-state index < -0.39 is 0 Å². The van der Waals surface area contributed by atoms with Crippen molar-refractivity contribution in [3.8, 4) is 5.82 Å². The van der Waals surface area contributed by atoms with Crippen LogP contribution in [0.15, 0.2) is 35.8 Å². The molecule has 1 fully saturated rings. The van der Waals surface area contributed by atoms with Crippen molar-refractivity contribution in [2.24, 2.45) is 5.92 Å². The Morgan fingerprint density at radius 3 is 2.85 bits per heavy atom. The lowest BCUT2D eigenvalue weighted by atomic mass is 9.91. The number of H-pyrrole nitrogens is 1. The van der Waals surface area contributed by atoms with Gasteiger partial charge in [-0.1, -0.05) is 13.8 Å². The largest absolute Gasteiger partial charge is 0.313 e. The van der Waals surface area contributed by atoms with Gasteiger partial charge >= 0.3 is 0 Å². The Morgan fingerprint density at radius 1 is 1.27 bits per heavy atom.